The van der Waals surface area contributed by atoms with E-state index in [4.69, 9.17) is 16.3 Å². The summed E-state index contributed by atoms with van der Waals surface area (Å²) >= 11 is 7.14. The van der Waals surface area contributed by atoms with Gasteiger partial charge in [-0.1, -0.05) is 0 Å². The number of piperidine rings is 1. The molecule has 1 fully saturated rings. The summed E-state index contributed by atoms with van der Waals surface area (Å²) in [6.45, 7) is 2.16. The Bertz CT molecular complexity index is 347. The standard InChI is InChI=1S/C12H16ClNO2S/c13-4-7-16-11-1-5-14(6-2-11)12(15)10-3-8-17-9-10/h3,8-9,11H,1-2,4-7H2. The highest BCUT2D eigenvalue weighted by atomic mass is 35.5. The van der Waals surface area contributed by atoms with Gasteiger partial charge in [0.1, 0.15) is 0 Å². The molecule has 5 heteroatoms. The second kappa shape index (κ2) is 6.38. The molecule has 0 radical (unpaired) electrons. The van der Waals surface area contributed by atoms with Gasteiger partial charge in [0.05, 0.1) is 18.3 Å². The maximum Gasteiger partial charge on any atom is 0.254 e. The predicted molar refractivity (Wildman–Crippen MR) is 69.9 cm³/mol. The fourth-order valence-electron chi connectivity index (χ4n) is 2.01. The maximum absolute atomic E-state index is 12.1. The number of hydrogen-bond acceptors (Lipinski definition) is 3. The Kier molecular flexibility index (Phi) is 4.83. The quantitative estimate of drug-likeness (QED) is 0.790. The molecule has 1 saturated heterocycles. The lowest BCUT2D eigenvalue weighted by Gasteiger charge is -2.31. The Morgan fingerprint density at radius 1 is 1.53 bits per heavy atom. The third-order valence-corrected chi connectivity index (χ3v) is 3.77. The number of amides is 1. The number of likely N-dealkylation sites (tertiary alicyclic amines) is 1. The van der Waals surface area contributed by atoms with Crippen LogP contribution in [0.25, 0.3) is 0 Å². The van der Waals surface area contributed by atoms with E-state index in [1.54, 1.807) is 11.3 Å². The second-order valence-corrected chi connectivity index (χ2v) is 5.22. The van der Waals surface area contributed by atoms with Crippen LogP contribution >= 0.6 is 22.9 Å². The van der Waals surface area contributed by atoms with Crippen molar-refractivity contribution in [2.75, 3.05) is 25.6 Å². The summed E-state index contributed by atoms with van der Waals surface area (Å²) in [4.78, 5) is 14.0. The van der Waals surface area contributed by atoms with Gasteiger partial charge in [0.2, 0.25) is 0 Å². The first-order valence-electron chi connectivity index (χ1n) is 5.80. The van der Waals surface area contributed by atoms with Gasteiger partial charge in [0, 0.05) is 24.3 Å². The molecule has 0 spiro atoms. The van der Waals surface area contributed by atoms with E-state index in [0.717, 1.165) is 31.5 Å². The van der Waals surface area contributed by atoms with Crippen LogP contribution in [0.5, 0.6) is 0 Å². The minimum absolute atomic E-state index is 0.141. The monoisotopic (exact) mass is 273 g/mol. The Balaban J connectivity index is 1.81. The second-order valence-electron chi connectivity index (χ2n) is 4.06. The van der Waals surface area contributed by atoms with Crippen LogP contribution in [0.15, 0.2) is 16.8 Å². The highest BCUT2D eigenvalue weighted by Gasteiger charge is 2.23. The van der Waals surface area contributed by atoms with E-state index < -0.39 is 0 Å². The molecule has 17 heavy (non-hydrogen) atoms. The van der Waals surface area contributed by atoms with Crippen molar-refractivity contribution in [2.24, 2.45) is 0 Å². The smallest absolute Gasteiger partial charge is 0.254 e. The molecule has 1 amide bonds. The first-order valence-corrected chi connectivity index (χ1v) is 7.28. The van der Waals surface area contributed by atoms with Gasteiger partial charge in [-0.15, -0.1) is 11.6 Å². The first kappa shape index (κ1) is 12.9. The van der Waals surface area contributed by atoms with Gasteiger partial charge in [-0.2, -0.15) is 11.3 Å². The summed E-state index contributed by atoms with van der Waals surface area (Å²) in [6.07, 6.45) is 2.08. The molecule has 1 aliphatic heterocycles. The molecule has 0 N–H and O–H groups in total. The van der Waals surface area contributed by atoms with Crippen LogP contribution in [0.4, 0.5) is 0 Å². The summed E-state index contributed by atoms with van der Waals surface area (Å²) in [5.74, 6) is 0.677. The molecule has 2 rings (SSSR count). The predicted octanol–water partition coefficient (Wildman–Crippen LogP) is 2.61. The van der Waals surface area contributed by atoms with Gasteiger partial charge < -0.3 is 9.64 Å². The maximum atomic E-state index is 12.1. The van der Waals surface area contributed by atoms with Crippen LogP contribution in [0.1, 0.15) is 23.2 Å². The molecule has 94 valence electrons. The zero-order valence-electron chi connectivity index (χ0n) is 9.60. The van der Waals surface area contributed by atoms with E-state index in [2.05, 4.69) is 0 Å². The van der Waals surface area contributed by atoms with Crippen LogP contribution < -0.4 is 0 Å². The van der Waals surface area contributed by atoms with Crippen molar-refractivity contribution < 1.29 is 9.53 Å². The lowest BCUT2D eigenvalue weighted by molar-refractivity contribution is 0.0154. The van der Waals surface area contributed by atoms with Gasteiger partial charge in [-0.25, -0.2) is 0 Å². The number of hydrogen-bond donors (Lipinski definition) is 0. The zero-order chi connectivity index (χ0) is 12.1. The average molecular weight is 274 g/mol. The highest BCUT2D eigenvalue weighted by Crippen LogP contribution is 2.17. The Hall–Kier alpha value is -0.580. The van der Waals surface area contributed by atoms with Crippen LogP contribution in [-0.2, 0) is 4.74 Å². The SMILES string of the molecule is O=C(c1ccsc1)N1CCC(OCCCl)CC1. The van der Waals surface area contributed by atoms with Crippen molar-refractivity contribution in [3.63, 3.8) is 0 Å². The molecule has 1 aromatic rings. The Morgan fingerprint density at radius 2 is 2.29 bits per heavy atom. The van der Waals surface area contributed by atoms with Crippen LogP contribution in [0.3, 0.4) is 0 Å². The van der Waals surface area contributed by atoms with E-state index in [9.17, 15) is 4.79 Å². The molecular weight excluding hydrogens is 258 g/mol. The van der Waals surface area contributed by atoms with Gasteiger partial charge in [0.15, 0.2) is 0 Å². The van der Waals surface area contributed by atoms with Gasteiger partial charge in [0.25, 0.3) is 5.91 Å². The molecule has 3 nitrogen and oxygen atoms in total. The van der Waals surface area contributed by atoms with Crippen molar-refractivity contribution in [1.29, 1.82) is 0 Å². The van der Waals surface area contributed by atoms with E-state index >= 15 is 0 Å². The fourth-order valence-corrected chi connectivity index (χ4v) is 2.72. The van der Waals surface area contributed by atoms with Crippen molar-refractivity contribution in [1.82, 2.24) is 4.90 Å². The lowest BCUT2D eigenvalue weighted by Crippen LogP contribution is -2.40. The number of halogens is 1. The van der Waals surface area contributed by atoms with Gasteiger partial charge >= 0.3 is 0 Å². The molecule has 0 unspecified atom stereocenters. The van der Waals surface area contributed by atoms with Crippen LogP contribution in [-0.4, -0.2) is 42.5 Å². The molecule has 0 saturated carbocycles. The molecule has 0 aliphatic carbocycles. The number of alkyl halides is 1. The molecule has 0 aromatic carbocycles. The highest BCUT2D eigenvalue weighted by molar-refractivity contribution is 7.08. The minimum atomic E-state index is 0.141. The molecule has 2 heterocycles. The molecule has 0 atom stereocenters. The summed E-state index contributed by atoms with van der Waals surface area (Å²) < 4.78 is 5.58. The lowest BCUT2D eigenvalue weighted by atomic mass is 10.1. The number of carbonyl (C=O) groups is 1. The van der Waals surface area contributed by atoms with E-state index in [1.165, 1.54) is 0 Å². The fraction of sp³-hybridized carbons (Fsp3) is 0.583. The number of nitrogens with zero attached hydrogens (tertiary/aromatic N) is 1. The minimum Gasteiger partial charge on any atom is -0.377 e. The van der Waals surface area contributed by atoms with Crippen LogP contribution in [0.2, 0.25) is 0 Å². The number of carbonyl (C=O) groups excluding carboxylic acids is 1. The Labute approximate surface area is 110 Å². The molecular formula is C12H16ClNO2S. The topological polar surface area (TPSA) is 29.5 Å². The van der Waals surface area contributed by atoms with Crippen molar-refractivity contribution in [3.05, 3.63) is 22.4 Å². The van der Waals surface area contributed by atoms with Crippen LogP contribution in [0, 0.1) is 0 Å². The molecule has 0 bridgehead atoms. The van der Waals surface area contributed by atoms with E-state index in [0.29, 0.717) is 12.5 Å². The summed E-state index contributed by atoms with van der Waals surface area (Å²) in [5.41, 5.74) is 0.801. The van der Waals surface area contributed by atoms with Gasteiger partial charge in [-0.3, -0.25) is 4.79 Å². The van der Waals surface area contributed by atoms with Gasteiger partial charge in [-0.05, 0) is 24.3 Å². The van der Waals surface area contributed by atoms with Crippen molar-refractivity contribution in [3.8, 4) is 0 Å². The molecule has 1 aromatic heterocycles. The third-order valence-electron chi connectivity index (χ3n) is 2.93. The third kappa shape index (κ3) is 3.44. The molecule has 1 aliphatic rings. The van der Waals surface area contributed by atoms with E-state index in [-0.39, 0.29) is 12.0 Å². The van der Waals surface area contributed by atoms with E-state index in [1.807, 2.05) is 21.7 Å². The zero-order valence-corrected chi connectivity index (χ0v) is 11.2. The number of ether oxygens (including phenoxy) is 1. The first-order chi connectivity index (χ1) is 8.31. The summed E-state index contributed by atoms with van der Waals surface area (Å²) in [5, 5.41) is 3.84. The largest absolute Gasteiger partial charge is 0.377 e. The normalized spacial score (nSPS) is 17.4. The number of rotatable bonds is 4. The Morgan fingerprint density at radius 3 is 2.88 bits per heavy atom. The van der Waals surface area contributed by atoms with Crippen molar-refractivity contribution >= 4 is 28.8 Å². The number of thiophene rings is 1. The summed E-state index contributed by atoms with van der Waals surface area (Å²) in [6, 6.07) is 1.88. The van der Waals surface area contributed by atoms with Crippen molar-refractivity contribution in [2.45, 2.75) is 18.9 Å². The average Bonchev–Trinajstić information content (AvgIpc) is 2.90. The summed E-state index contributed by atoms with van der Waals surface area (Å²) in [7, 11) is 0.